The maximum Gasteiger partial charge on any atom is 0.321 e. The second kappa shape index (κ2) is 9.61. The number of benzene rings is 3. The summed E-state index contributed by atoms with van der Waals surface area (Å²) in [4.78, 5) is 44.9. The fourth-order valence-corrected chi connectivity index (χ4v) is 4.83. The van der Waals surface area contributed by atoms with Crippen molar-refractivity contribution in [2.24, 2.45) is 5.92 Å². The number of nitrogens with zero attached hydrogens (tertiary/aromatic N) is 4. The molecule has 1 aliphatic rings. The second-order valence-corrected chi connectivity index (χ2v) is 8.49. The zero-order valence-electron chi connectivity index (χ0n) is 19.6. The molecule has 0 spiro atoms. The van der Waals surface area contributed by atoms with Crippen LogP contribution in [-0.2, 0) is 20.7 Å². The predicted molar refractivity (Wildman–Crippen MR) is 134 cm³/mol. The molecule has 1 aromatic heterocycles. The van der Waals surface area contributed by atoms with Crippen molar-refractivity contribution < 1.29 is 19.2 Å². The molecule has 1 aliphatic heterocycles. The summed E-state index contributed by atoms with van der Waals surface area (Å²) < 4.78 is 7.10. The molecule has 0 saturated heterocycles. The Balaban J connectivity index is 1.73. The monoisotopic (exact) mass is 484 g/mol. The van der Waals surface area contributed by atoms with Crippen molar-refractivity contribution in [2.75, 3.05) is 18.1 Å². The first-order chi connectivity index (χ1) is 17.5. The van der Waals surface area contributed by atoms with Crippen LogP contribution in [0.25, 0.3) is 11.0 Å². The maximum atomic E-state index is 14.0. The summed E-state index contributed by atoms with van der Waals surface area (Å²) in [6.45, 7) is 2.02. The average molecular weight is 485 g/mol. The number of aromatic nitrogens is 2. The van der Waals surface area contributed by atoms with E-state index in [0.29, 0.717) is 23.4 Å². The Labute approximate surface area is 207 Å². The molecule has 0 N–H and O–H groups in total. The van der Waals surface area contributed by atoms with Gasteiger partial charge in [0.25, 0.3) is 5.69 Å². The van der Waals surface area contributed by atoms with Crippen LogP contribution in [0.1, 0.15) is 24.1 Å². The van der Waals surface area contributed by atoms with Crippen LogP contribution in [0.5, 0.6) is 0 Å². The lowest BCUT2D eigenvalue weighted by atomic mass is 9.88. The van der Waals surface area contributed by atoms with Crippen LogP contribution in [-0.4, -0.2) is 39.5 Å². The van der Waals surface area contributed by atoms with Gasteiger partial charge in [-0.25, -0.2) is 4.98 Å². The zero-order chi connectivity index (χ0) is 25.2. The first-order valence-corrected chi connectivity index (χ1v) is 11.7. The van der Waals surface area contributed by atoms with Crippen LogP contribution >= 0.6 is 0 Å². The van der Waals surface area contributed by atoms with E-state index in [4.69, 9.17) is 9.72 Å². The van der Waals surface area contributed by atoms with Crippen molar-refractivity contribution in [3.05, 3.63) is 100 Å². The van der Waals surface area contributed by atoms with Gasteiger partial charge in [-0.1, -0.05) is 60.7 Å². The molecule has 9 nitrogen and oxygen atoms in total. The average Bonchev–Trinajstić information content (AvgIpc) is 3.27. The molecular weight excluding hydrogens is 460 g/mol. The second-order valence-electron chi connectivity index (χ2n) is 8.49. The van der Waals surface area contributed by atoms with Crippen molar-refractivity contribution >= 4 is 34.5 Å². The lowest BCUT2D eigenvalue weighted by Crippen LogP contribution is -2.50. The SMILES string of the molecule is CCOC(=O)[C@H]1C(=O)N(CCc2ccccc2)c2nc3ccccc3n2[C@H]1c1ccccc1[N+](=O)[O-]. The minimum atomic E-state index is -1.31. The quantitative estimate of drug-likeness (QED) is 0.168. The van der Waals surface area contributed by atoms with Crippen molar-refractivity contribution in [1.82, 2.24) is 9.55 Å². The lowest BCUT2D eigenvalue weighted by molar-refractivity contribution is -0.385. The third-order valence-corrected chi connectivity index (χ3v) is 6.40. The molecule has 0 aliphatic carbocycles. The van der Waals surface area contributed by atoms with Crippen molar-refractivity contribution in [2.45, 2.75) is 19.4 Å². The van der Waals surface area contributed by atoms with Gasteiger partial charge in [0.1, 0.15) is 0 Å². The summed E-state index contributed by atoms with van der Waals surface area (Å²) in [5.41, 5.74) is 2.40. The van der Waals surface area contributed by atoms with E-state index in [1.165, 1.54) is 11.0 Å². The number of imidazole rings is 1. The highest BCUT2D eigenvalue weighted by Crippen LogP contribution is 2.43. The summed E-state index contributed by atoms with van der Waals surface area (Å²) in [6.07, 6.45) is 0.543. The van der Waals surface area contributed by atoms with Crippen LogP contribution in [0.4, 0.5) is 11.6 Å². The van der Waals surface area contributed by atoms with Gasteiger partial charge in [-0.15, -0.1) is 0 Å². The summed E-state index contributed by atoms with van der Waals surface area (Å²) in [7, 11) is 0. The molecule has 2 heterocycles. The molecule has 182 valence electrons. The first kappa shape index (κ1) is 23.2. The number of hydrogen-bond acceptors (Lipinski definition) is 6. The van der Waals surface area contributed by atoms with Crippen LogP contribution in [0.3, 0.4) is 0 Å². The van der Waals surface area contributed by atoms with Gasteiger partial charge in [0, 0.05) is 12.6 Å². The topological polar surface area (TPSA) is 108 Å². The van der Waals surface area contributed by atoms with Crippen molar-refractivity contribution in [1.29, 1.82) is 0 Å². The van der Waals surface area contributed by atoms with Gasteiger partial charge < -0.3 is 9.30 Å². The molecule has 36 heavy (non-hydrogen) atoms. The predicted octanol–water partition coefficient (Wildman–Crippen LogP) is 4.30. The van der Waals surface area contributed by atoms with E-state index in [1.807, 2.05) is 54.6 Å². The molecule has 3 aromatic carbocycles. The number of ether oxygens (including phenoxy) is 1. The largest absolute Gasteiger partial charge is 0.465 e. The normalized spacial score (nSPS) is 17.1. The molecule has 2 atom stereocenters. The van der Waals surface area contributed by atoms with Crippen molar-refractivity contribution in [3.63, 3.8) is 0 Å². The van der Waals surface area contributed by atoms with E-state index >= 15 is 0 Å². The van der Waals surface area contributed by atoms with E-state index in [2.05, 4.69) is 0 Å². The Bertz CT molecular complexity index is 1450. The molecule has 5 rings (SSSR count). The summed E-state index contributed by atoms with van der Waals surface area (Å²) in [5, 5.41) is 12.0. The number of nitro groups is 1. The summed E-state index contributed by atoms with van der Waals surface area (Å²) in [5.74, 6) is -2.18. The number of rotatable bonds is 7. The Kier molecular flexibility index (Phi) is 6.20. The fourth-order valence-electron chi connectivity index (χ4n) is 4.83. The van der Waals surface area contributed by atoms with E-state index < -0.39 is 28.8 Å². The van der Waals surface area contributed by atoms with Gasteiger partial charge in [-0.05, 0) is 31.0 Å². The number of esters is 1. The third kappa shape index (κ3) is 3.98. The Morgan fingerprint density at radius 1 is 1.03 bits per heavy atom. The summed E-state index contributed by atoms with van der Waals surface area (Å²) in [6, 6.07) is 22.2. The minimum Gasteiger partial charge on any atom is -0.465 e. The van der Waals surface area contributed by atoms with Crippen LogP contribution in [0, 0.1) is 16.0 Å². The Morgan fingerprint density at radius 3 is 2.47 bits per heavy atom. The number of hydrogen-bond donors (Lipinski definition) is 0. The molecular formula is C27H24N4O5. The molecule has 0 unspecified atom stereocenters. The fraction of sp³-hybridized carbons (Fsp3) is 0.222. The highest BCUT2D eigenvalue weighted by Gasteiger charge is 2.49. The number of amides is 1. The number of anilines is 1. The van der Waals surface area contributed by atoms with Gasteiger partial charge in [-0.2, -0.15) is 0 Å². The molecule has 0 radical (unpaired) electrons. The smallest absolute Gasteiger partial charge is 0.321 e. The zero-order valence-corrected chi connectivity index (χ0v) is 19.6. The molecule has 4 aromatic rings. The van der Waals surface area contributed by atoms with Crippen LogP contribution < -0.4 is 4.90 Å². The van der Waals surface area contributed by atoms with Crippen LogP contribution in [0.15, 0.2) is 78.9 Å². The number of nitro benzene ring substituents is 1. The van der Waals surface area contributed by atoms with Gasteiger partial charge in [0.2, 0.25) is 11.9 Å². The Hall–Kier alpha value is -4.53. The van der Waals surface area contributed by atoms with Gasteiger partial charge in [0.05, 0.1) is 34.2 Å². The minimum absolute atomic E-state index is 0.0771. The molecule has 0 bridgehead atoms. The van der Waals surface area contributed by atoms with Gasteiger partial charge in [0.15, 0.2) is 5.92 Å². The van der Waals surface area contributed by atoms with E-state index in [1.54, 1.807) is 29.7 Å². The number of para-hydroxylation sites is 3. The number of carbonyl (C=O) groups excluding carboxylic acids is 2. The molecule has 9 heteroatoms. The standard InChI is InChI=1S/C27H24N4O5/c1-2-36-26(33)23-24(19-12-6-8-14-21(19)31(34)35)30-22-15-9-7-13-20(22)28-27(30)29(25(23)32)17-16-18-10-4-3-5-11-18/h3-15,23-24H,2,16-17H2,1H3/t23-,24+/m1/s1. The highest BCUT2D eigenvalue weighted by atomic mass is 16.6. The first-order valence-electron chi connectivity index (χ1n) is 11.7. The van der Waals surface area contributed by atoms with Gasteiger partial charge >= 0.3 is 5.97 Å². The molecule has 1 amide bonds. The van der Waals surface area contributed by atoms with Gasteiger partial charge in [-0.3, -0.25) is 24.6 Å². The van der Waals surface area contributed by atoms with E-state index in [-0.39, 0.29) is 24.4 Å². The van der Waals surface area contributed by atoms with Crippen LogP contribution in [0.2, 0.25) is 0 Å². The maximum absolute atomic E-state index is 14.0. The number of carbonyl (C=O) groups is 2. The van der Waals surface area contributed by atoms with E-state index in [0.717, 1.165) is 5.56 Å². The van der Waals surface area contributed by atoms with E-state index in [9.17, 15) is 19.7 Å². The highest BCUT2D eigenvalue weighted by molar-refractivity contribution is 6.08. The Morgan fingerprint density at radius 2 is 1.72 bits per heavy atom. The number of fused-ring (bicyclic) bond motifs is 3. The molecule has 0 fully saturated rings. The van der Waals surface area contributed by atoms with Crippen molar-refractivity contribution in [3.8, 4) is 0 Å². The summed E-state index contributed by atoms with van der Waals surface area (Å²) >= 11 is 0. The third-order valence-electron chi connectivity index (χ3n) is 6.40. The molecule has 0 saturated carbocycles. The lowest BCUT2D eigenvalue weighted by Gasteiger charge is -2.37.